The Bertz CT molecular complexity index is 327. The zero-order valence-electron chi connectivity index (χ0n) is 8.83. The first-order chi connectivity index (χ1) is 6.61. The quantitative estimate of drug-likeness (QED) is 0.575. The highest BCUT2D eigenvalue weighted by Gasteiger charge is 2.17. The van der Waals surface area contributed by atoms with Gasteiger partial charge in [-0.05, 0) is 18.1 Å². The van der Waals surface area contributed by atoms with Gasteiger partial charge >= 0.3 is 0 Å². The molecule has 1 nitrogen and oxygen atoms in total. The van der Waals surface area contributed by atoms with E-state index in [4.69, 9.17) is 5.41 Å². The van der Waals surface area contributed by atoms with Crippen molar-refractivity contribution in [1.29, 1.82) is 5.41 Å². The maximum absolute atomic E-state index is 8.00. The first kappa shape index (κ1) is 11.1. The van der Waals surface area contributed by atoms with Crippen molar-refractivity contribution in [2.24, 2.45) is 5.92 Å². The van der Waals surface area contributed by atoms with Gasteiger partial charge in [-0.1, -0.05) is 32.0 Å². The molecule has 0 aliphatic heterocycles. The van der Waals surface area contributed by atoms with Gasteiger partial charge in [-0.2, -0.15) is 0 Å². The van der Waals surface area contributed by atoms with Crippen molar-refractivity contribution in [2.75, 3.05) is 6.16 Å². The summed E-state index contributed by atoms with van der Waals surface area (Å²) < 4.78 is 0. The summed E-state index contributed by atoms with van der Waals surface area (Å²) in [5.74, 6) is 0.627. The summed E-state index contributed by atoms with van der Waals surface area (Å²) in [5.41, 5.74) is 1.74. The average molecular weight is 206 g/mol. The van der Waals surface area contributed by atoms with Crippen LogP contribution in [-0.2, 0) is 0 Å². The van der Waals surface area contributed by atoms with Crippen LogP contribution in [0.2, 0.25) is 0 Å². The summed E-state index contributed by atoms with van der Waals surface area (Å²) in [6.45, 7) is 4.36. The second-order valence-electron chi connectivity index (χ2n) is 3.83. The lowest BCUT2D eigenvalue weighted by Gasteiger charge is -2.00. The van der Waals surface area contributed by atoms with Crippen LogP contribution >= 0.6 is 7.55 Å². The van der Waals surface area contributed by atoms with E-state index in [1.165, 1.54) is 0 Å². The molecular weight excluding hydrogens is 189 g/mol. The van der Waals surface area contributed by atoms with Gasteiger partial charge in [0.2, 0.25) is 5.45 Å². The second kappa shape index (κ2) is 5.07. The van der Waals surface area contributed by atoms with E-state index in [9.17, 15) is 0 Å². The first-order valence-corrected chi connectivity index (χ1v) is 6.54. The standard InChI is InChI=1S/C12H17NP/c1-10(2)9-14(3)12(13)11-7-5-4-6-8-11/h4-8,10,13H,3,9H2,1-2H3/q+1. The molecule has 0 aromatic heterocycles. The number of hydrogen-bond donors (Lipinski definition) is 1. The highest BCUT2D eigenvalue weighted by atomic mass is 31.1. The Hall–Kier alpha value is -0.940. The molecule has 1 atom stereocenters. The topological polar surface area (TPSA) is 23.9 Å². The highest BCUT2D eigenvalue weighted by molar-refractivity contribution is 7.73. The molecule has 1 rings (SSSR count). The van der Waals surface area contributed by atoms with E-state index in [1.54, 1.807) is 0 Å². The van der Waals surface area contributed by atoms with Gasteiger partial charge in [-0.25, -0.2) is 0 Å². The molecule has 14 heavy (non-hydrogen) atoms. The van der Waals surface area contributed by atoms with Gasteiger partial charge in [0.1, 0.15) is 13.7 Å². The van der Waals surface area contributed by atoms with E-state index in [2.05, 4.69) is 20.1 Å². The van der Waals surface area contributed by atoms with Crippen LogP contribution in [0.3, 0.4) is 0 Å². The SMILES string of the molecule is C=[P+](CC(C)C)C(=N)c1ccccc1. The summed E-state index contributed by atoms with van der Waals surface area (Å²) in [6, 6.07) is 9.90. The fourth-order valence-corrected chi connectivity index (χ4v) is 2.89. The summed E-state index contributed by atoms with van der Waals surface area (Å²) in [4.78, 5) is 0. The average Bonchev–Trinajstić information content (AvgIpc) is 2.17. The maximum atomic E-state index is 8.00. The number of benzene rings is 1. The molecule has 0 saturated heterocycles. The molecular formula is C12H17NP+. The molecule has 1 N–H and O–H groups in total. The Labute approximate surface area is 87.1 Å². The third-order valence-corrected chi connectivity index (χ3v) is 4.01. The van der Waals surface area contributed by atoms with Crippen molar-refractivity contribution in [2.45, 2.75) is 13.8 Å². The van der Waals surface area contributed by atoms with Crippen molar-refractivity contribution in [1.82, 2.24) is 0 Å². The molecule has 0 radical (unpaired) electrons. The minimum Gasteiger partial charge on any atom is -0.261 e. The Kier molecular flexibility index (Phi) is 4.03. The van der Waals surface area contributed by atoms with Gasteiger partial charge in [0.25, 0.3) is 0 Å². The zero-order chi connectivity index (χ0) is 10.6. The molecule has 1 aromatic carbocycles. The van der Waals surface area contributed by atoms with Gasteiger partial charge in [0, 0.05) is 5.56 Å². The molecule has 0 heterocycles. The van der Waals surface area contributed by atoms with Crippen molar-refractivity contribution in [3.63, 3.8) is 0 Å². The minimum absolute atomic E-state index is 0.524. The van der Waals surface area contributed by atoms with Crippen LogP contribution in [0.4, 0.5) is 0 Å². The first-order valence-electron chi connectivity index (χ1n) is 4.83. The summed E-state index contributed by atoms with van der Waals surface area (Å²) in [6.07, 6.45) is 5.14. The molecule has 0 fully saturated rings. The van der Waals surface area contributed by atoms with Crippen LogP contribution in [0.15, 0.2) is 30.3 Å². The summed E-state index contributed by atoms with van der Waals surface area (Å²) >= 11 is 0. The smallest absolute Gasteiger partial charge is 0.237 e. The normalized spacial score (nSPS) is 11.5. The van der Waals surface area contributed by atoms with Crippen LogP contribution in [-0.4, -0.2) is 17.9 Å². The van der Waals surface area contributed by atoms with Crippen molar-refractivity contribution < 1.29 is 0 Å². The Morgan fingerprint density at radius 3 is 2.43 bits per heavy atom. The number of hydrogen-bond acceptors (Lipinski definition) is 1. The largest absolute Gasteiger partial charge is 0.261 e. The third kappa shape index (κ3) is 3.08. The van der Waals surface area contributed by atoms with Gasteiger partial charge in [0.15, 0.2) is 0 Å². The lowest BCUT2D eigenvalue weighted by molar-refractivity contribution is 0.749. The second-order valence-corrected chi connectivity index (χ2v) is 5.72. The fourth-order valence-electron chi connectivity index (χ4n) is 1.31. The lowest BCUT2D eigenvalue weighted by Crippen LogP contribution is -1.99. The van der Waals surface area contributed by atoms with Gasteiger partial charge in [-0.3, -0.25) is 5.41 Å². The Morgan fingerprint density at radius 1 is 1.36 bits per heavy atom. The molecule has 1 aromatic rings. The summed E-state index contributed by atoms with van der Waals surface area (Å²) in [7, 11) is -0.524. The van der Waals surface area contributed by atoms with Crippen molar-refractivity contribution >= 4 is 19.3 Å². The molecule has 0 aliphatic rings. The molecule has 0 amide bonds. The Morgan fingerprint density at radius 2 is 1.93 bits per heavy atom. The zero-order valence-corrected chi connectivity index (χ0v) is 9.72. The predicted molar refractivity (Wildman–Crippen MR) is 67.0 cm³/mol. The van der Waals surface area contributed by atoms with Gasteiger partial charge in [0.05, 0.1) is 6.30 Å². The monoisotopic (exact) mass is 206 g/mol. The Balaban J connectivity index is 2.72. The molecule has 0 bridgehead atoms. The molecule has 0 aliphatic carbocycles. The van der Waals surface area contributed by atoms with Crippen LogP contribution in [0.25, 0.3) is 0 Å². The molecule has 74 valence electrons. The lowest BCUT2D eigenvalue weighted by atomic mass is 10.2. The fraction of sp³-hybridized carbons (Fsp3) is 0.333. The van der Waals surface area contributed by atoms with Crippen LogP contribution < -0.4 is 0 Å². The maximum Gasteiger partial charge on any atom is 0.237 e. The number of rotatable bonds is 4. The van der Waals surface area contributed by atoms with Crippen LogP contribution in [0, 0.1) is 11.3 Å². The van der Waals surface area contributed by atoms with Crippen molar-refractivity contribution in [3.05, 3.63) is 35.9 Å². The van der Waals surface area contributed by atoms with Gasteiger partial charge in [-0.15, -0.1) is 0 Å². The van der Waals surface area contributed by atoms with Crippen LogP contribution in [0.1, 0.15) is 19.4 Å². The van der Waals surface area contributed by atoms with E-state index < -0.39 is 7.55 Å². The summed E-state index contributed by atoms with van der Waals surface area (Å²) in [5, 5.41) is 8.00. The molecule has 1 unspecified atom stereocenters. The van der Waals surface area contributed by atoms with Crippen molar-refractivity contribution in [3.8, 4) is 0 Å². The number of nitrogens with one attached hydrogen (secondary N) is 1. The van der Waals surface area contributed by atoms with E-state index in [-0.39, 0.29) is 0 Å². The molecule has 2 heteroatoms. The highest BCUT2D eigenvalue weighted by Crippen LogP contribution is 2.28. The van der Waals surface area contributed by atoms with E-state index in [0.717, 1.165) is 11.7 Å². The third-order valence-electron chi connectivity index (χ3n) is 1.95. The van der Waals surface area contributed by atoms with Crippen LogP contribution in [0.5, 0.6) is 0 Å². The van der Waals surface area contributed by atoms with E-state index in [1.807, 2.05) is 30.3 Å². The molecule has 0 saturated carbocycles. The van der Waals surface area contributed by atoms with Gasteiger partial charge < -0.3 is 0 Å². The predicted octanol–water partition coefficient (Wildman–Crippen LogP) is 3.58. The van der Waals surface area contributed by atoms with E-state index in [0.29, 0.717) is 11.4 Å². The van der Waals surface area contributed by atoms with E-state index >= 15 is 0 Å². The minimum atomic E-state index is -0.524. The molecule has 0 spiro atoms.